The Balaban J connectivity index is 2.83. The van der Waals surface area contributed by atoms with Gasteiger partial charge in [0.05, 0.1) is 0 Å². The maximum Gasteiger partial charge on any atom is 0.339 e. The number of hydrogen-bond acceptors (Lipinski definition) is 4. The number of benzene rings is 1. The zero-order valence-corrected chi connectivity index (χ0v) is 12.5. The lowest BCUT2D eigenvalue weighted by Gasteiger charge is -2.11. The Morgan fingerprint density at radius 2 is 2.00 bits per heavy atom. The van der Waals surface area contributed by atoms with E-state index in [0.717, 1.165) is 10.9 Å². The lowest BCUT2D eigenvalue weighted by molar-refractivity contribution is -0.131. The van der Waals surface area contributed by atoms with Gasteiger partial charge in [0.2, 0.25) is 0 Å². The minimum absolute atomic E-state index is 0.368. The number of fused-ring (bicyclic) bond motifs is 1. The van der Waals surface area contributed by atoms with Crippen LogP contribution in [-0.4, -0.2) is 5.97 Å². The third-order valence-corrected chi connectivity index (χ3v) is 3.63. The first-order valence-corrected chi connectivity index (χ1v) is 6.88. The van der Waals surface area contributed by atoms with Crippen molar-refractivity contribution in [3.8, 4) is 5.75 Å². The van der Waals surface area contributed by atoms with Crippen molar-refractivity contribution in [2.24, 2.45) is 0 Å². The van der Waals surface area contributed by atoms with Crippen LogP contribution in [0.25, 0.3) is 11.0 Å². The Labute approximate surface area is 118 Å². The van der Waals surface area contributed by atoms with Crippen molar-refractivity contribution in [1.29, 1.82) is 0 Å². The number of ether oxygens (including phenoxy) is 1. The number of carbonyl (C=O) groups excluding carboxylic acids is 1. The number of halogens is 1. The van der Waals surface area contributed by atoms with Crippen molar-refractivity contribution in [2.75, 3.05) is 0 Å². The molecule has 0 radical (unpaired) electrons. The van der Waals surface area contributed by atoms with Gasteiger partial charge in [0, 0.05) is 28.8 Å². The minimum atomic E-state index is -0.410. The molecule has 1 aromatic heterocycles. The van der Waals surface area contributed by atoms with Gasteiger partial charge in [-0.2, -0.15) is 0 Å². The van der Waals surface area contributed by atoms with Crippen molar-refractivity contribution in [1.82, 2.24) is 0 Å². The summed E-state index contributed by atoms with van der Waals surface area (Å²) in [6.45, 7) is 4.94. The molecule has 0 saturated carbocycles. The van der Waals surface area contributed by atoms with Gasteiger partial charge >= 0.3 is 11.6 Å². The lowest BCUT2D eigenvalue weighted by Crippen LogP contribution is -2.08. The minimum Gasteiger partial charge on any atom is -0.426 e. The highest BCUT2D eigenvalue weighted by Gasteiger charge is 2.15. The first-order valence-electron chi connectivity index (χ1n) is 5.76. The molecular weight excluding hydrogens is 312 g/mol. The summed E-state index contributed by atoms with van der Waals surface area (Å²) in [5.74, 6) is -0.00370. The van der Waals surface area contributed by atoms with E-state index in [-0.39, 0.29) is 5.63 Å². The number of esters is 1. The van der Waals surface area contributed by atoms with Gasteiger partial charge in [-0.05, 0) is 31.5 Å². The van der Waals surface area contributed by atoms with Crippen LogP contribution in [0.3, 0.4) is 0 Å². The summed E-state index contributed by atoms with van der Waals surface area (Å²) in [6, 6.07) is 3.51. The van der Waals surface area contributed by atoms with E-state index in [2.05, 4.69) is 15.9 Å². The quantitative estimate of drug-likeness (QED) is 0.368. The summed E-state index contributed by atoms with van der Waals surface area (Å²) in [5.41, 5.74) is 2.22. The first kappa shape index (κ1) is 13.8. The van der Waals surface area contributed by atoms with Gasteiger partial charge in [0.1, 0.15) is 11.3 Å². The van der Waals surface area contributed by atoms with Crippen molar-refractivity contribution >= 4 is 32.9 Å². The van der Waals surface area contributed by atoms with E-state index in [1.165, 1.54) is 6.92 Å². The lowest BCUT2D eigenvalue weighted by atomic mass is 10.0. The van der Waals surface area contributed by atoms with Crippen LogP contribution in [0.15, 0.2) is 21.3 Å². The summed E-state index contributed by atoms with van der Waals surface area (Å²) in [6.07, 6.45) is 0. The van der Waals surface area contributed by atoms with Gasteiger partial charge in [-0.1, -0.05) is 15.9 Å². The number of rotatable bonds is 2. The fraction of sp³-hybridized carbons (Fsp3) is 0.286. The smallest absolute Gasteiger partial charge is 0.339 e. The molecule has 0 aliphatic rings. The molecule has 2 rings (SSSR count). The zero-order valence-electron chi connectivity index (χ0n) is 10.9. The summed E-state index contributed by atoms with van der Waals surface area (Å²) in [7, 11) is 0. The molecular formula is C14H13BrO4. The van der Waals surface area contributed by atoms with E-state index in [9.17, 15) is 9.59 Å². The molecule has 0 fully saturated rings. The van der Waals surface area contributed by atoms with Crippen LogP contribution in [0.5, 0.6) is 5.75 Å². The highest BCUT2D eigenvalue weighted by atomic mass is 79.9. The molecule has 1 heterocycles. The molecule has 0 amide bonds. The van der Waals surface area contributed by atoms with Gasteiger partial charge in [-0.3, -0.25) is 4.79 Å². The van der Waals surface area contributed by atoms with E-state index in [1.807, 2.05) is 6.92 Å². The third-order valence-electron chi connectivity index (χ3n) is 3.07. The molecule has 0 unspecified atom stereocenters. The first-order chi connectivity index (χ1) is 8.95. The number of aryl methyl sites for hydroxylation is 1. The fourth-order valence-electron chi connectivity index (χ4n) is 1.92. The highest BCUT2D eigenvalue weighted by molar-refractivity contribution is 9.08. The molecule has 4 nitrogen and oxygen atoms in total. The number of hydrogen-bond donors (Lipinski definition) is 0. The topological polar surface area (TPSA) is 56.5 Å². The standard InChI is InChI=1S/C14H13BrO4/c1-7-8(2)14(17)19-13-10(7)4-5-12(11(13)6-15)18-9(3)16/h4-5H,6H2,1-3H3. The van der Waals surface area contributed by atoms with Crippen LogP contribution < -0.4 is 10.4 Å². The Kier molecular flexibility index (Phi) is 3.75. The Morgan fingerprint density at radius 3 is 2.58 bits per heavy atom. The van der Waals surface area contributed by atoms with Crippen LogP contribution in [-0.2, 0) is 10.1 Å². The van der Waals surface area contributed by atoms with Gasteiger partial charge in [0.25, 0.3) is 0 Å². The Bertz CT molecular complexity index is 715. The summed E-state index contributed by atoms with van der Waals surface area (Å²) in [5, 5.41) is 1.28. The normalized spacial score (nSPS) is 10.7. The SMILES string of the molecule is CC(=O)Oc1ccc2c(C)c(C)c(=O)oc2c1CBr. The predicted molar refractivity (Wildman–Crippen MR) is 75.9 cm³/mol. The Hall–Kier alpha value is -1.62. The van der Waals surface area contributed by atoms with E-state index < -0.39 is 5.97 Å². The van der Waals surface area contributed by atoms with Gasteiger partial charge < -0.3 is 9.15 Å². The maximum atomic E-state index is 11.8. The highest BCUT2D eigenvalue weighted by Crippen LogP contribution is 2.31. The molecule has 0 aliphatic carbocycles. The fourth-order valence-corrected chi connectivity index (χ4v) is 2.45. The Morgan fingerprint density at radius 1 is 1.32 bits per heavy atom. The third kappa shape index (κ3) is 2.42. The molecule has 0 saturated heterocycles. The predicted octanol–water partition coefficient (Wildman–Crippen LogP) is 3.23. The van der Waals surface area contributed by atoms with E-state index in [4.69, 9.17) is 9.15 Å². The second-order valence-electron chi connectivity index (χ2n) is 4.29. The molecule has 5 heteroatoms. The van der Waals surface area contributed by atoms with Crippen LogP contribution in [0.2, 0.25) is 0 Å². The molecule has 0 aliphatic heterocycles. The number of carbonyl (C=O) groups is 1. The van der Waals surface area contributed by atoms with E-state index in [1.54, 1.807) is 19.1 Å². The summed E-state index contributed by atoms with van der Waals surface area (Å²) >= 11 is 3.33. The second kappa shape index (κ2) is 5.17. The molecule has 100 valence electrons. The average molecular weight is 325 g/mol. The van der Waals surface area contributed by atoms with Crippen molar-refractivity contribution in [3.63, 3.8) is 0 Å². The molecule has 0 N–H and O–H groups in total. The molecule has 0 bridgehead atoms. The van der Waals surface area contributed by atoms with Crippen molar-refractivity contribution in [2.45, 2.75) is 26.1 Å². The zero-order chi connectivity index (χ0) is 14.2. The van der Waals surface area contributed by atoms with Crippen molar-refractivity contribution in [3.05, 3.63) is 39.2 Å². The number of alkyl halides is 1. The van der Waals surface area contributed by atoms with Gasteiger partial charge in [-0.25, -0.2) is 4.79 Å². The van der Waals surface area contributed by atoms with Crippen LogP contribution in [0.4, 0.5) is 0 Å². The van der Waals surface area contributed by atoms with Crippen molar-refractivity contribution < 1.29 is 13.9 Å². The molecule has 0 spiro atoms. The molecule has 1 aromatic carbocycles. The monoisotopic (exact) mass is 324 g/mol. The molecule has 0 atom stereocenters. The van der Waals surface area contributed by atoms with Crippen LogP contribution in [0.1, 0.15) is 23.6 Å². The maximum absolute atomic E-state index is 11.8. The average Bonchev–Trinajstić information content (AvgIpc) is 2.35. The molecule has 2 aromatic rings. The summed E-state index contributed by atoms with van der Waals surface area (Å²) < 4.78 is 10.5. The van der Waals surface area contributed by atoms with E-state index >= 15 is 0 Å². The van der Waals surface area contributed by atoms with Gasteiger partial charge in [0.15, 0.2) is 0 Å². The second-order valence-corrected chi connectivity index (χ2v) is 4.85. The van der Waals surface area contributed by atoms with Gasteiger partial charge in [-0.15, -0.1) is 0 Å². The van der Waals surface area contributed by atoms with Crippen LogP contribution >= 0.6 is 15.9 Å². The van der Waals surface area contributed by atoms with Crippen LogP contribution in [0, 0.1) is 13.8 Å². The van der Waals surface area contributed by atoms with E-state index in [0.29, 0.717) is 27.8 Å². The largest absolute Gasteiger partial charge is 0.426 e. The molecule has 19 heavy (non-hydrogen) atoms. The summed E-state index contributed by atoms with van der Waals surface area (Å²) in [4.78, 5) is 22.8.